The Kier molecular flexibility index (Phi) is 3.14. The summed E-state index contributed by atoms with van der Waals surface area (Å²) in [5.41, 5.74) is 0.882. The van der Waals surface area contributed by atoms with Crippen molar-refractivity contribution in [2.24, 2.45) is 0 Å². The summed E-state index contributed by atoms with van der Waals surface area (Å²) < 4.78 is 13.7. The number of imidazole rings is 1. The molecule has 6 nitrogen and oxygen atoms in total. The fraction of sp³-hybridized carbons (Fsp3) is 0.500. The Bertz CT molecular complexity index is 652. The van der Waals surface area contributed by atoms with Crippen molar-refractivity contribution >= 4 is 12.7 Å². The molecule has 0 amide bonds. The van der Waals surface area contributed by atoms with Crippen molar-refractivity contribution in [3.8, 4) is 5.95 Å². The second kappa shape index (κ2) is 4.64. The van der Waals surface area contributed by atoms with Gasteiger partial charge in [-0.15, -0.1) is 0 Å². The van der Waals surface area contributed by atoms with E-state index in [2.05, 4.69) is 15.0 Å². The maximum Gasteiger partial charge on any atom is 0.516 e. The number of aryl methyl sites for hydroxylation is 1. The highest BCUT2D eigenvalue weighted by atomic mass is 16.7. The molecular weight excluding hydrogens is 267 g/mol. The number of rotatable bonds is 2. The molecule has 1 fully saturated rings. The van der Waals surface area contributed by atoms with E-state index in [1.165, 1.54) is 0 Å². The Morgan fingerprint density at radius 1 is 1.10 bits per heavy atom. The molecule has 0 unspecified atom stereocenters. The predicted molar refractivity (Wildman–Crippen MR) is 79.6 cm³/mol. The van der Waals surface area contributed by atoms with Crippen LogP contribution in [0.3, 0.4) is 0 Å². The van der Waals surface area contributed by atoms with E-state index in [9.17, 15) is 0 Å². The molecule has 1 saturated heterocycles. The Hall–Kier alpha value is -1.73. The fourth-order valence-corrected chi connectivity index (χ4v) is 2.09. The first-order valence-corrected chi connectivity index (χ1v) is 6.98. The second-order valence-electron chi connectivity index (χ2n) is 6.29. The SMILES string of the molecule is Cc1ccnc(-n2cnc(B3OC(C)(C)C(C)(C)O3)c2)n1. The first kappa shape index (κ1) is 14.2. The van der Waals surface area contributed by atoms with Gasteiger partial charge >= 0.3 is 7.12 Å². The monoisotopic (exact) mass is 286 g/mol. The molecule has 0 aromatic carbocycles. The normalized spacial score (nSPS) is 20.0. The van der Waals surface area contributed by atoms with E-state index in [0.29, 0.717) is 5.95 Å². The molecule has 0 radical (unpaired) electrons. The van der Waals surface area contributed by atoms with E-state index in [0.717, 1.165) is 11.3 Å². The van der Waals surface area contributed by atoms with Crippen LogP contribution in [0.4, 0.5) is 0 Å². The van der Waals surface area contributed by atoms with E-state index < -0.39 is 7.12 Å². The molecule has 7 heteroatoms. The van der Waals surface area contributed by atoms with Crippen molar-refractivity contribution < 1.29 is 9.31 Å². The van der Waals surface area contributed by atoms with Gasteiger partial charge in [0.25, 0.3) is 0 Å². The maximum atomic E-state index is 5.98. The van der Waals surface area contributed by atoms with Crippen molar-refractivity contribution in [2.45, 2.75) is 45.8 Å². The molecule has 3 rings (SSSR count). The van der Waals surface area contributed by atoms with Gasteiger partial charge in [0.15, 0.2) is 0 Å². The molecule has 21 heavy (non-hydrogen) atoms. The fourth-order valence-electron chi connectivity index (χ4n) is 2.09. The first-order chi connectivity index (χ1) is 9.78. The number of nitrogens with zero attached hydrogens (tertiary/aromatic N) is 4. The van der Waals surface area contributed by atoms with Crippen molar-refractivity contribution in [3.05, 3.63) is 30.5 Å². The van der Waals surface area contributed by atoms with Gasteiger partial charge in [0.05, 0.1) is 16.8 Å². The number of aromatic nitrogens is 4. The standard InChI is InChI=1S/C14H19BN4O2/c1-10-6-7-16-12(18-10)19-8-11(17-9-19)15-20-13(2,3)14(4,5)21-15/h6-9H,1-5H3. The molecule has 0 bridgehead atoms. The van der Waals surface area contributed by atoms with Crippen molar-refractivity contribution in [3.63, 3.8) is 0 Å². The van der Waals surface area contributed by atoms with Gasteiger partial charge in [-0.25, -0.2) is 15.0 Å². The summed E-state index contributed by atoms with van der Waals surface area (Å²) in [5.74, 6) is 0.588. The van der Waals surface area contributed by atoms with Gasteiger partial charge in [0, 0.05) is 18.1 Å². The Morgan fingerprint density at radius 3 is 2.38 bits per heavy atom. The summed E-state index contributed by atoms with van der Waals surface area (Å²) in [4.78, 5) is 13.0. The van der Waals surface area contributed by atoms with Crippen LogP contribution in [0.15, 0.2) is 24.8 Å². The van der Waals surface area contributed by atoms with E-state index in [4.69, 9.17) is 9.31 Å². The lowest BCUT2D eigenvalue weighted by molar-refractivity contribution is 0.00578. The summed E-state index contributed by atoms with van der Waals surface area (Å²) in [5, 5.41) is 0. The van der Waals surface area contributed by atoms with Crippen molar-refractivity contribution in [1.82, 2.24) is 19.5 Å². The van der Waals surface area contributed by atoms with Crippen LogP contribution in [-0.2, 0) is 9.31 Å². The summed E-state index contributed by atoms with van der Waals surface area (Å²) >= 11 is 0. The van der Waals surface area contributed by atoms with Crippen LogP contribution >= 0.6 is 0 Å². The number of hydrogen-bond donors (Lipinski definition) is 0. The summed E-state index contributed by atoms with van der Waals surface area (Å²) in [6.07, 6.45) is 5.25. The third kappa shape index (κ3) is 2.47. The van der Waals surface area contributed by atoms with Crippen LogP contribution in [0.1, 0.15) is 33.4 Å². The van der Waals surface area contributed by atoms with E-state index in [-0.39, 0.29) is 11.2 Å². The molecule has 110 valence electrons. The molecule has 0 atom stereocenters. The lowest BCUT2D eigenvalue weighted by atomic mass is 9.86. The maximum absolute atomic E-state index is 5.98. The van der Waals surface area contributed by atoms with Crippen molar-refractivity contribution in [1.29, 1.82) is 0 Å². The lowest BCUT2D eigenvalue weighted by Crippen LogP contribution is -2.41. The van der Waals surface area contributed by atoms with Crippen LogP contribution in [0.5, 0.6) is 0 Å². The van der Waals surface area contributed by atoms with Gasteiger partial charge in [-0.2, -0.15) is 0 Å². The molecule has 0 saturated carbocycles. The predicted octanol–water partition coefficient (Wildman–Crippen LogP) is 1.27. The molecule has 2 aromatic heterocycles. The average molecular weight is 286 g/mol. The van der Waals surface area contributed by atoms with Crippen LogP contribution in [-0.4, -0.2) is 37.8 Å². The molecular formula is C14H19BN4O2. The van der Waals surface area contributed by atoms with E-state index >= 15 is 0 Å². The highest BCUT2D eigenvalue weighted by Gasteiger charge is 2.52. The molecule has 3 heterocycles. The van der Waals surface area contributed by atoms with Gasteiger partial charge in [-0.1, -0.05) is 0 Å². The first-order valence-electron chi connectivity index (χ1n) is 6.98. The minimum Gasteiger partial charge on any atom is -0.398 e. The van der Waals surface area contributed by atoms with Gasteiger partial charge < -0.3 is 9.31 Å². The largest absolute Gasteiger partial charge is 0.516 e. The molecule has 1 aliphatic rings. The average Bonchev–Trinajstić information content (AvgIpc) is 2.93. The Labute approximate surface area is 124 Å². The molecule has 1 aliphatic heterocycles. The zero-order valence-electron chi connectivity index (χ0n) is 13.0. The number of hydrogen-bond acceptors (Lipinski definition) is 5. The quantitative estimate of drug-likeness (QED) is 0.778. The minimum atomic E-state index is -0.471. The van der Waals surface area contributed by atoms with Gasteiger partial charge in [0.1, 0.15) is 6.33 Å². The van der Waals surface area contributed by atoms with E-state index in [1.807, 2.05) is 46.9 Å². The van der Waals surface area contributed by atoms with Crippen LogP contribution in [0, 0.1) is 6.92 Å². The summed E-state index contributed by atoms with van der Waals surface area (Å²) in [6.45, 7) is 10.0. The molecule has 2 aromatic rings. The molecule has 0 aliphatic carbocycles. The summed E-state index contributed by atoms with van der Waals surface area (Å²) in [7, 11) is -0.471. The summed E-state index contributed by atoms with van der Waals surface area (Å²) in [6, 6.07) is 1.86. The Morgan fingerprint density at radius 2 is 1.76 bits per heavy atom. The van der Waals surface area contributed by atoms with Crippen LogP contribution in [0.25, 0.3) is 5.95 Å². The van der Waals surface area contributed by atoms with Gasteiger partial charge in [-0.05, 0) is 40.7 Å². The Balaban J connectivity index is 1.87. The topological polar surface area (TPSA) is 62.1 Å². The van der Waals surface area contributed by atoms with Crippen LogP contribution in [0.2, 0.25) is 0 Å². The zero-order chi connectivity index (χ0) is 15.3. The second-order valence-corrected chi connectivity index (χ2v) is 6.29. The third-order valence-corrected chi connectivity index (χ3v) is 4.11. The van der Waals surface area contributed by atoms with Gasteiger partial charge in [0.2, 0.25) is 5.95 Å². The van der Waals surface area contributed by atoms with Gasteiger partial charge in [-0.3, -0.25) is 4.57 Å². The highest BCUT2D eigenvalue weighted by molar-refractivity contribution is 6.61. The third-order valence-electron chi connectivity index (χ3n) is 4.11. The smallest absolute Gasteiger partial charge is 0.398 e. The minimum absolute atomic E-state index is 0.374. The lowest BCUT2D eigenvalue weighted by Gasteiger charge is -2.32. The molecule has 0 spiro atoms. The van der Waals surface area contributed by atoms with Crippen molar-refractivity contribution in [2.75, 3.05) is 0 Å². The highest BCUT2D eigenvalue weighted by Crippen LogP contribution is 2.36. The molecule has 0 N–H and O–H groups in total. The zero-order valence-corrected chi connectivity index (χ0v) is 13.0. The van der Waals surface area contributed by atoms with E-state index in [1.54, 1.807) is 17.1 Å². The van der Waals surface area contributed by atoms with Crippen LogP contribution < -0.4 is 5.59 Å².